The number of para-hydroxylation sites is 1. The zero-order valence-electron chi connectivity index (χ0n) is 19.6. The van der Waals surface area contributed by atoms with E-state index in [4.69, 9.17) is 13.9 Å². The molecular formula is C25H23N5O4S. The van der Waals surface area contributed by atoms with Crippen LogP contribution in [-0.4, -0.2) is 45.6 Å². The number of furan rings is 1. The van der Waals surface area contributed by atoms with Crippen LogP contribution in [-0.2, 0) is 4.79 Å². The van der Waals surface area contributed by atoms with Crippen molar-refractivity contribution in [1.29, 1.82) is 0 Å². The van der Waals surface area contributed by atoms with Crippen molar-refractivity contribution in [3.63, 3.8) is 0 Å². The van der Waals surface area contributed by atoms with Gasteiger partial charge in [0.15, 0.2) is 0 Å². The Labute approximate surface area is 205 Å². The molecule has 5 rings (SSSR count). The van der Waals surface area contributed by atoms with Crippen molar-refractivity contribution in [1.82, 2.24) is 20.2 Å². The SMILES string of the molecule is COc1cc2c(cc1NC(=O)C(C)Sc1nnnn1-c1cc(C)ccc1OC)oc1ccccc12. The molecule has 2 heterocycles. The van der Waals surface area contributed by atoms with Crippen molar-refractivity contribution in [2.45, 2.75) is 24.3 Å². The van der Waals surface area contributed by atoms with E-state index in [0.29, 0.717) is 33.6 Å². The van der Waals surface area contributed by atoms with E-state index >= 15 is 0 Å². The van der Waals surface area contributed by atoms with Crippen LogP contribution in [0.25, 0.3) is 27.6 Å². The van der Waals surface area contributed by atoms with E-state index in [0.717, 1.165) is 21.9 Å². The number of thioether (sulfide) groups is 1. The summed E-state index contributed by atoms with van der Waals surface area (Å²) in [5.74, 6) is 0.948. The molecule has 9 nitrogen and oxygen atoms in total. The number of aromatic nitrogens is 4. The van der Waals surface area contributed by atoms with E-state index in [1.165, 1.54) is 11.8 Å². The van der Waals surface area contributed by atoms with Crippen LogP contribution >= 0.6 is 11.8 Å². The molecule has 3 aromatic carbocycles. The molecule has 1 amide bonds. The van der Waals surface area contributed by atoms with Crippen LogP contribution in [0.4, 0.5) is 5.69 Å². The van der Waals surface area contributed by atoms with Gasteiger partial charge in [0.25, 0.3) is 0 Å². The van der Waals surface area contributed by atoms with Crippen molar-refractivity contribution in [2.75, 3.05) is 19.5 Å². The van der Waals surface area contributed by atoms with Gasteiger partial charge in [0, 0.05) is 16.8 Å². The van der Waals surface area contributed by atoms with Crippen molar-refractivity contribution in [3.8, 4) is 17.2 Å². The summed E-state index contributed by atoms with van der Waals surface area (Å²) in [6, 6.07) is 17.2. The van der Waals surface area contributed by atoms with Gasteiger partial charge in [-0.2, -0.15) is 4.68 Å². The number of amides is 1. The van der Waals surface area contributed by atoms with E-state index < -0.39 is 5.25 Å². The third kappa shape index (κ3) is 4.28. The van der Waals surface area contributed by atoms with Gasteiger partial charge in [-0.1, -0.05) is 36.0 Å². The highest BCUT2D eigenvalue weighted by Gasteiger charge is 2.22. The summed E-state index contributed by atoms with van der Waals surface area (Å²) < 4.78 is 18.6. The van der Waals surface area contributed by atoms with E-state index in [9.17, 15) is 4.79 Å². The summed E-state index contributed by atoms with van der Waals surface area (Å²) in [4.78, 5) is 13.1. The molecule has 1 unspecified atom stereocenters. The van der Waals surface area contributed by atoms with Crippen LogP contribution < -0.4 is 14.8 Å². The maximum Gasteiger partial charge on any atom is 0.237 e. The third-order valence-electron chi connectivity index (χ3n) is 5.61. The average molecular weight is 490 g/mol. The molecule has 0 saturated carbocycles. The van der Waals surface area contributed by atoms with Gasteiger partial charge in [0.05, 0.1) is 25.2 Å². The number of rotatable bonds is 7. The Bertz CT molecular complexity index is 1540. The maximum atomic E-state index is 13.1. The number of nitrogens with zero attached hydrogens (tertiary/aromatic N) is 4. The first-order valence-corrected chi connectivity index (χ1v) is 11.8. The third-order valence-corrected chi connectivity index (χ3v) is 6.64. The number of hydrogen-bond acceptors (Lipinski definition) is 8. The van der Waals surface area contributed by atoms with Crippen LogP contribution in [0.5, 0.6) is 11.5 Å². The summed E-state index contributed by atoms with van der Waals surface area (Å²) in [6.07, 6.45) is 0. The fraction of sp³-hybridized carbons (Fsp3) is 0.200. The first-order valence-electron chi connectivity index (χ1n) is 10.9. The summed E-state index contributed by atoms with van der Waals surface area (Å²) >= 11 is 1.24. The summed E-state index contributed by atoms with van der Waals surface area (Å²) in [5, 5.41) is 16.8. The van der Waals surface area contributed by atoms with Crippen molar-refractivity contribution < 1.29 is 18.7 Å². The molecule has 0 spiro atoms. The van der Waals surface area contributed by atoms with Crippen LogP contribution in [0.2, 0.25) is 0 Å². The fourth-order valence-corrected chi connectivity index (χ4v) is 4.63. The summed E-state index contributed by atoms with van der Waals surface area (Å²) in [5.41, 5.74) is 3.70. The minimum absolute atomic E-state index is 0.227. The Morgan fingerprint density at radius 2 is 1.83 bits per heavy atom. The number of ether oxygens (including phenoxy) is 2. The molecule has 35 heavy (non-hydrogen) atoms. The van der Waals surface area contributed by atoms with Crippen LogP contribution in [0.1, 0.15) is 12.5 Å². The van der Waals surface area contributed by atoms with Crippen LogP contribution in [0.15, 0.2) is 64.2 Å². The number of hydrogen-bond donors (Lipinski definition) is 1. The Kier molecular flexibility index (Phi) is 6.04. The molecule has 0 radical (unpaired) electrons. The predicted octanol–water partition coefficient (Wildman–Crippen LogP) is 5.01. The highest BCUT2D eigenvalue weighted by molar-refractivity contribution is 8.00. The number of carbonyl (C=O) groups is 1. The number of nitrogens with one attached hydrogen (secondary N) is 1. The first-order chi connectivity index (χ1) is 17.0. The molecule has 0 aliphatic heterocycles. The molecule has 1 N–H and O–H groups in total. The zero-order valence-corrected chi connectivity index (χ0v) is 20.4. The van der Waals surface area contributed by atoms with Gasteiger partial charge in [-0.05, 0) is 54.1 Å². The van der Waals surface area contributed by atoms with Gasteiger partial charge in [0.1, 0.15) is 28.4 Å². The molecule has 0 bridgehead atoms. The molecule has 0 fully saturated rings. The zero-order chi connectivity index (χ0) is 24.5. The Morgan fingerprint density at radius 3 is 2.63 bits per heavy atom. The molecule has 0 aliphatic rings. The molecule has 10 heteroatoms. The standard InChI is InChI=1S/C25H23N5O4S/c1-14-9-10-21(32-3)19(11-14)30-25(27-28-29-30)35-15(2)24(31)26-18-13-22-17(12-23(18)33-4)16-7-5-6-8-20(16)34-22/h5-13,15H,1-4H3,(H,26,31). The van der Waals surface area contributed by atoms with E-state index in [2.05, 4.69) is 20.8 Å². The number of tetrazole rings is 1. The molecule has 0 saturated heterocycles. The van der Waals surface area contributed by atoms with Gasteiger partial charge in [0.2, 0.25) is 11.1 Å². The van der Waals surface area contributed by atoms with Crippen LogP contribution in [0, 0.1) is 6.92 Å². The fourth-order valence-electron chi connectivity index (χ4n) is 3.83. The second kappa shape index (κ2) is 9.30. The van der Waals surface area contributed by atoms with Gasteiger partial charge in [-0.3, -0.25) is 4.79 Å². The number of benzene rings is 3. The average Bonchev–Trinajstić information content (AvgIpc) is 3.47. The topological polar surface area (TPSA) is 104 Å². The number of methoxy groups -OCH3 is 2. The molecule has 1 atom stereocenters. The highest BCUT2D eigenvalue weighted by Crippen LogP contribution is 2.37. The molecule has 0 aliphatic carbocycles. The van der Waals surface area contributed by atoms with E-state index in [1.54, 1.807) is 31.9 Å². The number of fused-ring (bicyclic) bond motifs is 3. The second-order valence-electron chi connectivity index (χ2n) is 7.94. The monoisotopic (exact) mass is 489 g/mol. The molecular weight excluding hydrogens is 466 g/mol. The lowest BCUT2D eigenvalue weighted by Gasteiger charge is -2.15. The predicted molar refractivity (Wildman–Crippen MR) is 135 cm³/mol. The number of aryl methyl sites for hydroxylation is 1. The second-order valence-corrected chi connectivity index (χ2v) is 9.25. The smallest absolute Gasteiger partial charge is 0.237 e. The number of anilines is 1. The van der Waals surface area contributed by atoms with Crippen molar-refractivity contribution in [3.05, 3.63) is 60.2 Å². The van der Waals surface area contributed by atoms with Gasteiger partial charge < -0.3 is 19.2 Å². The minimum Gasteiger partial charge on any atom is -0.495 e. The minimum atomic E-state index is -0.508. The van der Waals surface area contributed by atoms with Gasteiger partial charge in [-0.15, -0.1) is 5.10 Å². The largest absolute Gasteiger partial charge is 0.495 e. The lowest BCUT2D eigenvalue weighted by molar-refractivity contribution is -0.115. The Hall–Kier alpha value is -4.05. The molecule has 5 aromatic rings. The first kappa shape index (κ1) is 22.7. The van der Waals surface area contributed by atoms with E-state index in [-0.39, 0.29) is 5.91 Å². The van der Waals surface area contributed by atoms with E-state index in [1.807, 2.05) is 55.5 Å². The van der Waals surface area contributed by atoms with Gasteiger partial charge >= 0.3 is 0 Å². The van der Waals surface area contributed by atoms with Crippen molar-refractivity contribution in [2.24, 2.45) is 0 Å². The Morgan fingerprint density at radius 1 is 1.03 bits per heavy atom. The quantitative estimate of drug-likeness (QED) is 0.318. The molecule has 178 valence electrons. The molecule has 2 aromatic heterocycles. The van der Waals surface area contributed by atoms with Gasteiger partial charge in [-0.25, -0.2) is 0 Å². The maximum absolute atomic E-state index is 13.1. The number of carbonyl (C=O) groups excluding carboxylic acids is 1. The normalized spacial score (nSPS) is 12.1. The lowest BCUT2D eigenvalue weighted by Crippen LogP contribution is -2.23. The Balaban J connectivity index is 1.40. The summed E-state index contributed by atoms with van der Waals surface area (Å²) in [7, 11) is 3.16. The summed E-state index contributed by atoms with van der Waals surface area (Å²) in [6.45, 7) is 3.76. The van der Waals surface area contributed by atoms with Crippen molar-refractivity contribution >= 4 is 45.3 Å². The lowest BCUT2D eigenvalue weighted by atomic mass is 10.1. The van der Waals surface area contributed by atoms with Crippen LogP contribution in [0.3, 0.4) is 0 Å². The highest BCUT2D eigenvalue weighted by atomic mass is 32.2.